The molecule has 0 bridgehead atoms. The van der Waals surface area contributed by atoms with Gasteiger partial charge in [0.1, 0.15) is 11.6 Å². The maximum atomic E-state index is 14.1. The fourth-order valence-electron chi connectivity index (χ4n) is 2.65. The van der Waals surface area contributed by atoms with E-state index in [0.29, 0.717) is 37.4 Å². The molecule has 0 aliphatic carbocycles. The van der Waals surface area contributed by atoms with Crippen molar-refractivity contribution in [3.05, 3.63) is 53.4 Å². The lowest BCUT2D eigenvalue weighted by Crippen LogP contribution is -2.37. The van der Waals surface area contributed by atoms with Crippen molar-refractivity contribution in [3.8, 4) is 5.75 Å². The third-order valence-electron chi connectivity index (χ3n) is 3.85. The fraction of sp³-hybridized carbons (Fsp3) is 0.353. The normalized spacial score (nSPS) is 13.6. The highest BCUT2D eigenvalue weighted by molar-refractivity contribution is 5.79. The topological polar surface area (TPSA) is 55.3 Å². The van der Waals surface area contributed by atoms with Gasteiger partial charge in [0.05, 0.1) is 31.0 Å². The Kier molecular flexibility index (Phi) is 4.50. The first-order valence-electron chi connectivity index (χ1n) is 7.65. The molecule has 1 aliphatic heterocycles. The second kappa shape index (κ2) is 6.73. The molecule has 0 fully saturated rings. The molecule has 1 aromatic carbocycles. The van der Waals surface area contributed by atoms with Crippen LogP contribution in [0.25, 0.3) is 0 Å². The summed E-state index contributed by atoms with van der Waals surface area (Å²) in [4.78, 5) is 22.6. The molecule has 0 atom stereocenters. The first-order chi connectivity index (χ1) is 11.2. The Morgan fingerprint density at radius 3 is 2.83 bits per heavy atom. The van der Waals surface area contributed by atoms with Crippen molar-refractivity contribution in [2.75, 3.05) is 13.2 Å². The molecule has 120 valence electrons. The second-order valence-corrected chi connectivity index (χ2v) is 5.38. The van der Waals surface area contributed by atoms with E-state index in [1.54, 1.807) is 29.4 Å². The molecule has 0 spiro atoms. The second-order valence-electron chi connectivity index (χ2n) is 5.38. The van der Waals surface area contributed by atoms with Crippen LogP contribution in [0.1, 0.15) is 23.9 Å². The molecular formula is C17H18FN3O2. The number of hydrogen-bond acceptors (Lipinski definition) is 4. The Bertz CT molecular complexity index is 721. The van der Waals surface area contributed by atoms with Gasteiger partial charge in [0.2, 0.25) is 5.91 Å². The summed E-state index contributed by atoms with van der Waals surface area (Å²) in [6.07, 6.45) is 4.00. The third kappa shape index (κ3) is 3.47. The summed E-state index contributed by atoms with van der Waals surface area (Å²) in [5.41, 5.74) is 2.13. The van der Waals surface area contributed by atoms with Crippen LogP contribution >= 0.6 is 0 Å². The molecule has 6 heteroatoms. The van der Waals surface area contributed by atoms with Crippen molar-refractivity contribution >= 4 is 5.91 Å². The number of fused-ring (bicyclic) bond motifs is 1. The van der Waals surface area contributed by atoms with Crippen LogP contribution in [0, 0.1) is 5.82 Å². The van der Waals surface area contributed by atoms with Gasteiger partial charge in [0.25, 0.3) is 0 Å². The van der Waals surface area contributed by atoms with Crippen LogP contribution in [-0.4, -0.2) is 33.9 Å². The Balaban J connectivity index is 1.68. The lowest BCUT2D eigenvalue weighted by Gasteiger charge is -2.27. The van der Waals surface area contributed by atoms with E-state index in [0.717, 1.165) is 11.4 Å². The zero-order valence-electron chi connectivity index (χ0n) is 13.0. The number of aromatic nitrogens is 2. The smallest absolute Gasteiger partial charge is 0.227 e. The van der Waals surface area contributed by atoms with Gasteiger partial charge < -0.3 is 9.64 Å². The number of halogens is 1. The van der Waals surface area contributed by atoms with Crippen molar-refractivity contribution in [2.45, 2.75) is 26.3 Å². The Hall–Kier alpha value is -2.50. The number of ether oxygens (including phenoxy) is 1. The van der Waals surface area contributed by atoms with Crippen LogP contribution in [0.2, 0.25) is 0 Å². The van der Waals surface area contributed by atoms with Gasteiger partial charge in [-0.05, 0) is 18.6 Å². The van der Waals surface area contributed by atoms with Crippen LogP contribution in [-0.2, 0) is 24.2 Å². The number of carbonyl (C=O) groups is 1. The standard InChI is InChI=1S/C17H18FN3O2/c1-2-23-13-4-3-12(14(18)10-13)9-17(22)21-8-5-15-16(11-21)20-7-6-19-15/h3-4,6-7,10H,2,5,8-9,11H2,1H3. The quantitative estimate of drug-likeness (QED) is 0.867. The summed E-state index contributed by atoms with van der Waals surface area (Å²) in [5, 5.41) is 0. The summed E-state index contributed by atoms with van der Waals surface area (Å²) in [6.45, 7) is 3.34. The monoisotopic (exact) mass is 315 g/mol. The van der Waals surface area contributed by atoms with Crippen LogP contribution in [0.5, 0.6) is 5.75 Å². The Labute approximate surface area is 134 Å². The number of amides is 1. The maximum Gasteiger partial charge on any atom is 0.227 e. The summed E-state index contributed by atoms with van der Waals surface area (Å²) in [6, 6.07) is 4.62. The highest BCUT2D eigenvalue weighted by Gasteiger charge is 2.23. The molecule has 3 rings (SSSR count). The molecular weight excluding hydrogens is 297 g/mol. The molecule has 0 saturated heterocycles. The molecule has 23 heavy (non-hydrogen) atoms. The lowest BCUT2D eigenvalue weighted by atomic mass is 10.1. The molecule has 1 aliphatic rings. The zero-order chi connectivity index (χ0) is 16.2. The zero-order valence-corrected chi connectivity index (χ0v) is 13.0. The highest BCUT2D eigenvalue weighted by Crippen LogP contribution is 2.19. The largest absolute Gasteiger partial charge is 0.494 e. The molecule has 0 unspecified atom stereocenters. The van der Waals surface area contributed by atoms with Gasteiger partial charge >= 0.3 is 0 Å². The molecule has 1 aromatic heterocycles. The van der Waals surface area contributed by atoms with Gasteiger partial charge in [-0.25, -0.2) is 4.39 Å². The maximum absolute atomic E-state index is 14.1. The van der Waals surface area contributed by atoms with Crippen LogP contribution in [0.3, 0.4) is 0 Å². The molecule has 0 N–H and O–H groups in total. The van der Waals surface area contributed by atoms with Gasteiger partial charge in [-0.1, -0.05) is 6.07 Å². The van der Waals surface area contributed by atoms with Gasteiger partial charge in [-0.3, -0.25) is 14.8 Å². The molecule has 5 nitrogen and oxygen atoms in total. The molecule has 1 amide bonds. The van der Waals surface area contributed by atoms with E-state index < -0.39 is 5.82 Å². The number of nitrogens with zero attached hydrogens (tertiary/aromatic N) is 3. The van der Waals surface area contributed by atoms with E-state index in [1.165, 1.54) is 6.07 Å². The molecule has 0 radical (unpaired) electrons. The summed E-state index contributed by atoms with van der Waals surface area (Å²) >= 11 is 0. The van der Waals surface area contributed by atoms with E-state index in [1.807, 2.05) is 6.92 Å². The molecule has 2 heterocycles. The number of carbonyl (C=O) groups excluding carboxylic acids is 1. The Morgan fingerprint density at radius 2 is 2.09 bits per heavy atom. The average Bonchev–Trinajstić information content (AvgIpc) is 2.57. The summed E-state index contributed by atoms with van der Waals surface area (Å²) in [5.74, 6) is -0.0470. The molecule has 0 saturated carbocycles. The summed E-state index contributed by atoms with van der Waals surface area (Å²) < 4.78 is 19.3. The summed E-state index contributed by atoms with van der Waals surface area (Å²) in [7, 11) is 0. The van der Waals surface area contributed by atoms with E-state index >= 15 is 0 Å². The lowest BCUT2D eigenvalue weighted by molar-refractivity contribution is -0.131. The van der Waals surface area contributed by atoms with Crippen molar-refractivity contribution in [2.24, 2.45) is 0 Å². The fourth-order valence-corrected chi connectivity index (χ4v) is 2.65. The number of hydrogen-bond donors (Lipinski definition) is 0. The SMILES string of the molecule is CCOc1ccc(CC(=O)N2CCc3nccnc3C2)c(F)c1. The van der Waals surface area contributed by atoms with E-state index in [2.05, 4.69) is 9.97 Å². The van der Waals surface area contributed by atoms with Crippen molar-refractivity contribution < 1.29 is 13.9 Å². The predicted molar refractivity (Wildman–Crippen MR) is 82.4 cm³/mol. The Morgan fingerprint density at radius 1 is 1.30 bits per heavy atom. The first-order valence-corrected chi connectivity index (χ1v) is 7.65. The van der Waals surface area contributed by atoms with Gasteiger partial charge in [0.15, 0.2) is 0 Å². The minimum atomic E-state index is -0.415. The molecule has 2 aromatic rings. The highest BCUT2D eigenvalue weighted by atomic mass is 19.1. The van der Waals surface area contributed by atoms with Crippen molar-refractivity contribution in [1.82, 2.24) is 14.9 Å². The van der Waals surface area contributed by atoms with Crippen LogP contribution in [0.4, 0.5) is 4.39 Å². The van der Waals surface area contributed by atoms with Crippen molar-refractivity contribution in [1.29, 1.82) is 0 Å². The first kappa shape index (κ1) is 15.4. The minimum absolute atomic E-state index is 0.0355. The average molecular weight is 315 g/mol. The minimum Gasteiger partial charge on any atom is -0.494 e. The third-order valence-corrected chi connectivity index (χ3v) is 3.85. The van der Waals surface area contributed by atoms with E-state index in [-0.39, 0.29) is 12.3 Å². The van der Waals surface area contributed by atoms with Crippen LogP contribution < -0.4 is 4.74 Å². The number of benzene rings is 1. The van der Waals surface area contributed by atoms with Gasteiger partial charge in [-0.2, -0.15) is 0 Å². The van der Waals surface area contributed by atoms with E-state index in [4.69, 9.17) is 4.74 Å². The van der Waals surface area contributed by atoms with Gasteiger partial charge in [0, 0.05) is 31.4 Å². The van der Waals surface area contributed by atoms with E-state index in [9.17, 15) is 9.18 Å². The number of rotatable bonds is 4. The van der Waals surface area contributed by atoms with Crippen LogP contribution in [0.15, 0.2) is 30.6 Å². The van der Waals surface area contributed by atoms with Crippen molar-refractivity contribution in [3.63, 3.8) is 0 Å². The van der Waals surface area contributed by atoms with Gasteiger partial charge in [-0.15, -0.1) is 0 Å². The predicted octanol–water partition coefficient (Wildman–Crippen LogP) is 2.14.